The third-order valence-corrected chi connectivity index (χ3v) is 4.43. The average Bonchev–Trinajstić information content (AvgIpc) is 3.23. The summed E-state index contributed by atoms with van der Waals surface area (Å²) in [5, 5.41) is 20.1. The Morgan fingerprint density at radius 3 is 2.63 bits per heavy atom. The van der Waals surface area contributed by atoms with Gasteiger partial charge in [-0.3, -0.25) is 15.1 Å². The molecule has 0 saturated heterocycles. The van der Waals surface area contributed by atoms with Crippen LogP contribution >= 0.6 is 0 Å². The highest BCUT2D eigenvalue weighted by atomic mass is 16.6. The molecule has 0 amide bonds. The summed E-state index contributed by atoms with van der Waals surface area (Å²) in [7, 11) is 0. The third-order valence-electron chi connectivity index (χ3n) is 4.43. The molecule has 0 atom stereocenters. The first-order valence-corrected chi connectivity index (χ1v) is 8.56. The zero-order valence-electron chi connectivity index (χ0n) is 14.4. The van der Waals surface area contributed by atoms with E-state index in [0.717, 1.165) is 29.7 Å². The molecule has 2 aromatic heterocycles. The standard InChI is InChI=1S/C20H17N5O2/c26-25(27)20-7-6-19(17-9-11-21-14-18(17)20)22-12-8-15-2-4-16(5-3-15)24-13-1-10-23-24/h1-7,9-11,13-14,22H,8,12H2. The number of hydrogen-bond acceptors (Lipinski definition) is 5. The van der Waals surface area contributed by atoms with Gasteiger partial charge >= 0.3 is 0 Å². The molecule has 27 heavy (non-hydrogen) atoms. The van der Waals surface area contributed by atoms with Crippen LogP contribution in [0.25, 0.3) is 16.5 Å². The van der Waals surface area contributed by atoms with E-state index in [1.807, 2.05) is 29.1 Å². The summed E-state index contributed by atoms with van der Waals surface area (Å²) in [5.41, 5.74) is 3.15. The van der Waals surface area contributed by atoms with Gasteiger partial charge in [-0.2, -0.15) is 5.10 Å². The molecule has 0 unspecified atom stereocenters. The van der Waals surface area contributed by atoms with Crippen molar-refractivity contribution in [3.05, 3.63) is 89.0 Å². The Balaban J connectivity index is 1.46. The highest BCUT2D eigenvalue weighted by Gasteiger charge is 2.14. The fourth-order valence-electron chi connectivity index (χ4n) is 3.07. The molecule has 0 spiro atoms. The molecular weight excluding hydrogens is 342 g/mol. The summed E-state index contributed by atoms with van der Waals surface area (Å²) < 4.78 is 1.82. The Morgan fingerprint density at radius 1 is 1.04 bits per heavy atom. The largest absolute Gasteiger partial charge is 0.384 e. The van der Waals surface area contributed by atoms with Crippen molar-refractivity contribution in [3.8, 4) is 5.69 Å². The maximum absolute atomic E-state index is 11.2. The Morgan fingerprint density at radius 2 is 1.89 bits per heavy atom. The molecule has 7 heteroatoms. The number of nitro groups is 1. The van der Waals surface area contributed by atoms with Crippen molar-refractivity contribution in [1.82, 2.24) is 14.8 Å². The molecule has 0 radical (unpaired) electrons. The molecule has 0 aliphatic heterocycles. The number of non-ortho nitro benzene ring substituents is 1. The Kier molecular flexibility index (Phi) is 4.49. The van der Waals surface area contributed by atoms with Crippen LogP contribution in [-0.4, -0.2) is 26.2 Å². The van der Waals surface area contributed by atoms with Crippen LogP contribution < -0.4 is 5.32 Å². The summed E-state index contributed by atoms with van der Waals surface area (Å²) in [6, 6.07) is 15.2. The second kappa shape index (κ2) is 7.25. The second-order valence-electron chi connectivity index (χ2n) is 6.10. The van der Waals surface area contributed by atoms with Crippen LogP contribution in [0.15, 0.2) is 73.3 Å². The first-order chi connectivity index (χ1) is 13.2. The lowest BCUT2D eigenvalue weighted by Gasteiger charge is -2.10. The van der Waals surface area contributed by atoms with Crippen molar-refractivity contribution in [2.24, 2.45) is 0 Å². The van der Waals surface area contributed by atoms with Gasteiger partial charge in [-0.25, -0.2) is 4.68 Å². The summed E-state index contributed by atoms with van der Waals surface area (Å²) >= 11 is 0. The van der Waals surface area contributed by atoms with E-state index in [4.69, 9.17) is 0 Å². The number of hydrogen-bond donors (Lipinski definition) is 1. The second-order valence-corrected chi connectivity index (χ2v) is 6.10. The Labute approximate surface area is 155 Å². The summed E-state index contributed by atoms with van der Waals surface area (Å²) in [6.45, 7) is 0.719. The monoisotopic (exact) mass is 359 g/mol. The molecular formula is C20H17N5O2. The van der Waals surface area contributed by atoms with Crippen LogP contribution in [0.5, 0.6) is 0 Å². The van der Waals surface area contributed by atoms with Gasteiger partial charge in [0, 0.05) is 48.5 Å². The molecule has 2 aromatic carbocycles. The quantitative estimate of drug-likeness (QED) is 0.416. The lowest BCUT2D eigenvalue weighted by atomic mass is 10.1. The van der Waals surface area contributed by atoms with Gasteiger partial charge in [-0.15, -0.1) is 0 Å². The molecule has 134 valence electrons. The minimum Gasteiger partial charge on any atom is -0.384 e. The van der Waals surface area contributed by atoms with E-state index in [1.165, 1.54) is 17.8 Å². The van der Waals surface area contributed by atoms with Crippen LogP contribution in [0.3, 0.4) is 0 Å². The van der Waals surface area contributed by atoms with Gasteiger partial charge in [0.2, 0.25) is 0 Å². The van der Waals surface area contributed by atoms with Gasteiger partial charge in [0.15, 0.2) is 0 Å². The van der Waals surface area contributed by atoms with Gasteiger partial charge in [0.1, 0.15) is 0 Å². The predicted octanol–water partition coefficient (Wildman–Crippen LogP) is 3.98. The van der Waals surface area contributed by atoms with E-state index in [2.05, 4.69) is 27.5 Å². The first-order valence-electron chi connectivity index (χ1n) is 8.56. The molecule has 0 fully saturated rings. The molecule has 4 rings (SSSR count). The molecule has 0 saturated carbocycles. The van der Waals surface area contributed by atoms with E-state index < -0.39 is 0 Å². The minimum atomic E-state index is -0.380. The molecule has 7 nitrogen and oxygen atoms in total. The number of nitrogens with one attached hydrogen (secondary N) is 1. The average molecular weight is 359 g/mol. The summed E-state index contributed by atoms with van der Waals surface area (Å²) in [6.07, 6.45) is 7.67. The normalized spacial score (nSPS) is 10.8. The maximum Gasteiger partial charge on any atom is 0.278 e. The van der Waals surface area contributed by atoms with Gasteiger partial charge in [0.05, 0.1) is 16.0 Å². The van der Waals surface area contributed by atoms with Crippen molar-refractivity contribution in [2.45, 2.75) is 6.42 Å². The van der Waals surface area contributed by atoms with Crippen LogP contribution in [0.4, 0.5) is 11.4 Å². The van der Waals surface area contributed by atoms with E-state index >= 15 is 0 Å². The van der Waals surface area contributed by atoms with Crippen LogP contribution in [0.1, 0.15) is 5.56 Å². The number of nitrogens with zero attached hydrogens (tertiary/aromatic N) is 4. The Bertz CT molecular complexity index is 1080. The molecule has 1 N–H and O–H groups in total. The summed E-state index contributed by atoms with van der Waals surface area (Å²) in [5.74, 6) is 0. The SMILES string of the molecule is O=[N+]([O-])c1ccc(NCCc2ccc(-n3cccn3)cc2)c2ccncc12. The Hall–Kier alpha value is -3.74. The lowest BCUT2D eigenvalue weighted by molar-refractivity contribution is -0.383. The number of aromatic nitrogens is 3. The molecule has 4 aromatic rings. The fourth-order valence-corrected chi connectivity index (χ4v) is 3.07. The van der Waals surface area contributed by atoms with Crippen molar-refractivity contribution in [3.63, 3.8) is 0 Å². The van der Waals surface area contributed by atoms with Gasteiger partial charge in [-0.1, -0.05) is 12.1 Å². The number of fused-ring (bicyclic) bond motifs is 1. The highest BCUT2D eigenvalue weighted by Crippen LogP contribution is 2.30. The van der Waals surface area contributed by atoms with Crippen molar-refractivity contribution >= 4 is 22.1 Å². The highest BCUT2D eigenvalue weighted by molar-refractivity contribution is 5.99. The van der Waals surface area contributed by atoms with E-state index in [-0.39, 0.29) is 10.6 Å². The van der Waals surface area contributed by atoms with Crippen LogP contribution in [-0.2, 0) is 6.42 Å². The maximum atomic E-state index is 11.2. The topological polar surface area (TPSA) is 85.9 Å². The third kappa shape index (κ3) is 3.48. The summed E-state index contributed by atoms with van der Waals surface area (Å²) in [4.78, 5) is 14.8. The predicted molar refractivity (Wildman–Crippen MR) is 104 cm³/mol. The number of pyridine rings is 1. The molecule has 0 aliphatic carbocycles. The van der Waals surface area contributed by atoms with Crippen molar-refractivity contribution < 1.29 is 4.92 Å². The fraction of sp³-hybridized carbons (Fsp3) is 0.100. The number of nitro benzene ring substituents is 1. The first kappa shape index (κ1) is 16.7. The molecule has 2 heterocycles. The van der Waals surface area contributed by atoms with Crippen molar-refractivity contribution in [2.75, 3.05) is 11.9 Å². The molecule has 0 aliphatic rings. The molecule has 0 bridgehead atoms. The lowest BCUT2D eigenvalue weighted by Crippen LogP contribution is -2.06. The van der Waals surface area contributed by atoms with Crippen molar-refractivity contribution in [1.29, 1.82) is 0 Å². The van der Waals surface area contributed by atoms with Gasteiger partial charge in [-0.05, 0) is 42.3 Å². The van der Waals surface area contributed by atoms with Crippen LogP contribution in [0, 0.1) is 10.1 Å². The number of anilines is 1. The van der Waals surface area contributed by atoms with E-state index in [0.29, 0.717) is 5.39 Å². The minimum absolute atomic E-state index is 0.0675. The zero-order chi connectivity index (χ0) is 18.6. The number of rotatable bonds is 6. The van der Waals surface area contributed by atoms with E-state index in [1.54, 1.807) is 24.5 Å². The number of benzene rings is 2. The van der Waals surface area contributed by atoms with Crippen LogP contribution in [0.2, 0.25) is 0 Å². The van der Waals surface area contributed by atoms with Gasteiger partial charge < -0.3 is 5.32 Å². The van der Waals surface area contributed by atoms with E-state index in [9.17, 15) is 10.1 Å². The smallest absolute Gasteiger partial charge is 0.278 e. The van der Waals surface area contributed by atoms with Gasteiger partial charge in [0.25, 0.3) is 5.69 Å². The zero-order valence-corrected chi connectivity index (χ0v) is 14.4.